The van der Waals surface area contributed by atoms with Gasteiger partial charge >= 0.3 is 0 Å². The van der Waals surface area contributed by atoms with Gasteiger partial charge in [-0.05, 0) is 70.6 Å². The van der Waals surface area contributed by atoms with Crippen LogP contribution in [0.2, 0.25) is 5.02 Å². The molecule has 3 fully saturated rings. The Bertz CT molecular complexity index is 1200. The maximum atomic E-state index is 11.9. The molecular weight excluding hydrogens is 460 g/mol. The number of carbonyl (C=O) groups is 1. The molecule has 3 heterocycles. The number of carbonyl (C=O) groups excluding carboxylic acids is 1. The Morgan fingerprint density at radius 2 is 2.03 bits per heavy atom. The van der Waals surface area contributed by atoms with Gasteiger partial charge < -0.3 is 20.9 Å². The van der Waals surface area contributed by atoms with Crippen molar-refractivity contribution in [3.8, 4) is 11.1 Å². The van der Waals surface area contributed by atoms with Crippen molar-refractivity contribution >= 4 is 35.2 Å². The third-order valence-electron chi connectivity index (χ3n) is 8.30. The van der Waals surface area contributed by atoms with Gasteiger partial charge in [0.2, 0.25) is 5.91 Å². The van der Waals surface area contributed by atoms with E-state index in [1.54, 1.807) is 0 Å². The molecule has 3 N–H and O–H groups in total. The summed E-state index contributed by atoms with van der Waals surface area (Å²) in [5, 5.41) is 13.9. The van der Waals surface area contributed by atoms with Gasteiger partial charge in [0, 0.05) is 65.4 Å². The molecule has 1 aromatic heterocycles. The van der Waals surface area contributed by atoms with Gasteiger partial charge in [0.15, 0.2) is 5.82 Å². The van der Waals surface area contributed by atoms with E-state index in [-0.39, 0.29) is 22.9 Å². The second-order valence-corrected chi connectivity index (χ2v) is 11.6. The molecule has 0 atom stereocenters. The SMILES string of the molecule is C=CC(=O)N1CC2(CC(n3cc(-c4c(Cl)c(C)cc(N)c4C=N)c(N4CCCCC4(C)C)n3)C2)C1. The van der Waals surface area contributed by atoms with E-state index in [0.717, 1.165) is 67.8 Å². The lowest BCUT2D eigenvalue weighted by Gasteiger charge is -2.58. The first kappa shape index (κ1) is 23.9. The van der Waals surface area contributed by atoms with Crippen molar-refractivity contribution in [1.29, 1.82) is 5.41 Å². The minimum absolute atomic E-state index is 0.0147. The quantitative estimate of drug-likeness (QED) is 0.339. The standard InChI is InChI=1S/C27H35ClN6O/c1-5-22(35)32-15-27(16-32)11-18(12-27)34-14-20(23-19(13-29)21(30)10-17(2)24(23)28)25(31-34)33-9-7-6-8-26(33,3)4/h5,10,13-14,18,29H,1,6-9,11-12,15-16,30H2,2-4H3. The maximum absolute atomic E-state index is 11.9. The number of hydrogen-bond acceptors (Lipinski definition) is 5. The average Bonchev–Trinajstić information content (AvgIpc) is 3.17. The topological polar surface area (TPSA) is 91.2 Å². The summed E-state index contributed by atoms with van der Waals surface area (Å²) in [6.45, 7) is 12.6. The number of hydrogen-bond donors (Lipinski definition) is 2. The number of halogens is 1. The third-order valence-corrected chi connectivity index (χ3v) is 8.79. The van der Waals surface area contributed by atoms with E-state index in [1.165, 1.54) is 18.7 Å². The van der Waals surface area contributed by atoms with Crippen molar-refractivity contribution in [2.75, 3.05) is 30.3 Å². The summed E-state index contributed by atoms with van der Waals surface area (Å²) in [7, 11) is 0. The minimum Gasteiger partial charge on any atom is -0.398 e. The highest BCUT2D eigenvalue weighted by Crippen LogP contribution is 2.55. The number of nitrogens with one attached hydrogen (secondary N) is 1. The maximum Gasteiger partial charge on any atom is 0.245 e. The van der Waals surface area contributed by atoms with E-state index in [4.69, 9.17) is 27.8 Å². The molecule has 1 saturated carbocycles. The minimum atomic E-state index is -0.0285. The number of nitrogens with zero attached hydrogens (tertiary/aromatic N) is 4. The second-order valence-electron chi connectivity index (χ2n) is 11.3. The Morgan fingerprint density at radius 3 is 2.66 bits per heavy atom. The summed E-state index contributed by atoms with van der Waals surface area (Å²) in [6, 6.07) is 2.12. The van der Waals surface area contributed by atoms with E-state index in [0.29, 0.717) is 16.3 Å². The van der Waals surface area contributed by atoms with E-state index >= 15 is 0 Å². The Hall–Kier alpha value is -2.80. The summed E-state index contributed by atoms with van der Waals surface area (Å²) in [5.41, 5.74) is 10.3. The van der Waals surface area contributed by atoms with E-state index in [9.17, 15) is 4.79 Å². The fourth-order valence-electron chi connectivity index (χ4n) is 6.29. The van der Waals surface area contributed by atoms with Crippen LogP contribution >= 0.6 is 11.6 Å². The van der Waals surface area contributed by atoms with Gasteiger partial charge in [0.1, 0.15) is 0 Å². The zero-order chi connectivity index (χ0) is 25.1. The molecule has 35 heavy (non-hydrogen) atoms. The Labute approximate surface area is 212 Å². The van der Waals surface area contributed by atoms with Gasteiger partial charge in [-0.1, -0.05) is 18.2 Å². The van der Waals surface area contributed by atoms with Crippen LogP contribution in [0.3, 0.4) is 0 Å². The molecule has 0 bridgehead atoms. The van der Waals surface area contributed by atoms with E-state index < -0.39 is 0 Å². The largest absolute Gasteiger partial charge is 0.398 e. The van der Waals surface area contributed by atoms with Crippen LogP contribution in [0.15, 0.2) is 24.9 Å². The molecule has 5 rings (SSSR count). The lowest BCUT2D eigenvalue weighted by Crippen LogP contribution is -2.63. The van der Waals surface area contributed by atoms with Crippen molar-refractivity contribution in [2.45, 2.75) is 64.5 Å². The molecule has 1 aromatic carbocycles. The highest BCUT2D eigenvalue weighted by molar-refractivity contribution is 6.35. The number of aryl methyl sites for hydroxylation is 1. The van der Waals surface area contributed by atoms with Gasteiger partial charge in [-0.2, -0.15) is 5.10 Å². The zero-order valence-corrected chi connectivity index (χ0v) is 21.7. The fraction of sp³-hybridized carbons (Fsp3) is 0.519. The van der Waals surface area contributed by atoms with Gasteiger partial charge in [0.25, 0.3) is 0 Å². The fourth-order valence-corrected chi connectivity index (χ4v) is 6.55. The number of benzene rings is 1. The Kier molecular flexibility index (Phi) is 5.74. The Morgan fingerprint density at radius 1 is 1.31 bits per heavy atom. The molecular formula is C27H35ClN6O. The number of amides is 1. The van der Waals surface area contributed by atoms with Crippen LogP contribution in [0.25, 0.3) is 11.1 Å². The number of likely N-dealkylation sites (tertiary alicyclic amines) is 1. The summed E-state index contributed by atoms with van der Waals surface area (Å²) in [6.07, 6.45) is 10.2. The third kappa shape index (κ3) is 3.84. The van der Waals surface area contributed by atoms with Crippen molar-refractivity contribution < 1.29 is 4.79 Å². The van der Waals surface area contributed by atoms with Crippen LogP contribution < -0.4 is 10.6 Å². The molecule has 2 aromatic rings. The first-order valence-corrected chi connectivity index (χ1v) is 12.8. The molecule has 0 unspecified atom stereocenters. The normalized spacial score (nSPS) is 20.9. The van der Waals surface area contributed by atoms with E-state index in [2.05, 4.69) is 36.2 Å². The molecule has 186 valence electrons. The summed E-state index contributed by atoms with van der Waals surface area (Å²) in [4.78, 5) is 16.2. The Balaban J connectivity index is 1.54. The van der Waals surface area contributed by atoms with Crippen LogP contribution in [0.5, 0.6) is 0 Å². The number of anilines is 2. The number of nitrogen functional groups attached to an aromatic ring is 1. The van der Waals surface area contributed by atoms with Crippen LogP contribution in [0, 0.1) is 17.7 Å². The van der Waals surface area contributed by atoms with Gasteiger partial charge in [0.05, 0.1) is 11.1 Å². The predicted octanol–water partition coefficient (Wildman–Crippen LogP) is 5.21. The molecule has 1 amide bonds. The average molecular weight is 495 g/mol. The van der Waals surface area contributed by atoms with Gasteiger partial charge in [-0.15, -0.1) is 0 Å². The molecule has 2 saturated heterocycles. The lowest BCUT2D eigenvalue weighted by atomic mass is 9.60. The first-order valence-electron chi connectivity index (χ1n) is 12.5. The van der Waals surface area contributed by atoms with Crippen LogP contribution in [-0.4, -0.2) is 52.0 Å². The molecule has 8 heteroatoms. The number of rotatable bonds is 5. The number of nitrogens with two attached hydrogens (primary N) is 1. The number of piperidine rings is 1. The summed E-state index contributed by atoms with van der Waals surface area (Å²) < 4.78 is 2.10. The summed E-state index contributed by atoms with van der Waals surface area (Å²) >= 11 is 6.88. The van der Waals surface area contributed by atoms with Gasteiger partial charge in [-0.3, -0.25) is 9.48 Å². The molecule has 1 spiro atoms. The summed E-state index contributed by atoms with van der Waals surface area (Å²) in [5.74, 6) is 0.934. The van der Waals surface area contributed by atoms with Crippen LogP contribution in [-0.2, 0) is 4.79 Å². The smallest absolute Gasteiger partial charge is 0.245 e. The molecule has 0 radical (unpaired) electrons. The second kappa shape index (κ2) is 8.40. The molecule has 7 nitrogen and oxygen atoms in total. The highest BCUT2D eigenvalue weighted by Gasteiger charge is 2.54. The predicted molar refractivity (Wildman–Crippen MR) is 142 cm³/mol. The molecule has 3 aliphatic rings. The lowest BCUT2D eigenvalue weighted by molar-refractivity contribution is -0.149. The molecule has 1 aliphatic carbocycles. The highest BCUT2D eigenvalue weighted by atomic mass is 35.5. The first-order chi connectivity index (χ1) is 16.6. The van der Waals surface area contributed by atoms with Crippen LogP contribution in [0.4, 0.5) is 11.5 Å². The monoisotopic (exact) mass is 494 g/mol. The van der Waals surface area contributed by atoms with E-state index in [1.807, 2.05) is 17.9 Å². The zero-order valence-electron chi connectivity index (χ0n) is 20.9. The number of aromatic nitrogens is 2. The van der Waals surface area contributed by atoms with Gasteiger partial charge in [-0.25, -0.2) is 0 Å². The van der Waals surface area contributed by atoms with Crippen molar-refractivity contribution in [3.05, 3.63) is 41.1 Å². The van der Waals surface area contributed by atoms with Crippen molar-refractivity contribution in [3.63, 3.8) is 0 Å². The van der Waals surface area contributed by atoms with Crippen molar-refractivity contribution in [2.24, 2.45) is 5.41 Å². The van der Waals surface area contributed by atoms with Crippen LogP contribution in [0.1, 0.15) is 63.1 Å². The van der Waals surface area contributed by atoms with Crippen molar-refractivity contribution in [1.82, 2.24) is 14.7 Å². The molecule has 2 aliphatic heterocycles.